The summed E-state index contributed by atoms with van der Waals surface area (Å²) in [4.78, 5) is 31.6. The van der Waals surface area contributed by atoms with Crippen LogP contribution >= 0.6 is 0 Å². The Bertz CT molecular complexity index is 1340. The lowest BCUT2D eigenvalue weighted by Gasteiger charge is -2.34. The molecular formula is C26H25N5O3. The third-order valence-corrected chi connectivity index (χ3v) is 6.37. The van der Waals surface area contributed by atoms with Crippen LogP contribution in [-0.2, 0) is 11.3 Å². The molecule has 0 radical (unpaired) electrons. The van der Waals surface area contributed by atoms with Crippen molar-refractivity contribution in [3.8, 4) is 22.4 Å². The monoisotopic (exact) mass is 455 g/mol. The Labute approximate surface area is 197 Å². The number of hydrogen-bond acceptors (Lipinski definition) is 5. The van der Waals surface area contributed by atoms with Crippen molar-refractivity contribution in [3.63, 3.8) is 0 Å². The van der Waals surface area contributed by atoms with Gasteiger partial charge in [0.2, 0.25) is 5.91 Å². The highest BCUT2D eigenvalue weighted by Crippen LogP contribution is 2.29. The van der Waals surface area contributed by atoms with Gasteiger partial charge in [0.05, 0.1) is 16.3 Å². The molecule has 0 bridgehead atoms. The molecule has 0 spiro atoms. The maximum Gasteiger partial charge on any atom is 0.269 e. The number of nitro benzene ring substituents is 1. The summed E-state index contributed by atoms with van der Waals surface area (Å²) in [6, 6.07) is 20.8. The van der Waals surface area contributed by atoms with Gasteiger partial charge in [0, 0.05) is 63.5 Å². The molecule has 1 aliphatic heterocycles. The quantitative estimate of drug-likeness (QED) is 0.332. The zero-order chi connectivity index (χ0) is 23.7. The van der Waals surface area contributed by atoms with E-state index in [1.54, 1.807) is 19.1 Å². The molecule has 1 amide bonds. The number of carbonyl (C=O) groups is 1. The Balaban J connectivity index is 1.56. The molecule has 0 N–H and O–H groups in total. The fourth-order valence-corrected chi connectivity index (χ4v) is 4.45. The second-order valence-electron chi connectivity index (χ2n) is 8.51. The number of pyridine rings is 1. The predicted molar refractivity (Wildman–Crippen MR) is 130 cm³/mol. The van der Waals surface area contributed by atoms with Crippen LogP contribution in [0.2, 0.25) is 0 Å². The molecule has 34 heavy (non-hydrogen) atoms. The van der Waals surface area contributed by atoms with Crippen LogP contribution in [0.25, 0.3) is 28.0 Å². The summed E-state index contributed by atoms with van der Waals surface area (Å²) in [5, 5.41) is 11.1. The number of amides is 1. The first-order chi connectivity index (χ1) is 16.5. The summed E-state index contributed by atoms with van der Waals surface area (Å²) in [6.45, 7) is 5.24. The maximum atomic E-state index is 11.7. The van der Waals surface area contributed by atoms with Crippen LogP contribution in [0.15, 0.2) is 72.9 Å². The van der Waals surface area contributed by atoms with E-state index < -0.39 is 4.92 Å². The Kier molecular flexibility index (Phi) is 5.81. The maximum absolute atomic E-state index is 11.7. The molecule has 0 saturated carbocycles. The molecule has 1 fully saturated rings. The summed E-state index contributed by atoms with van der Waals surface area (Å²) in [5.41, 5.74) is 5.77. The summed E-state index contributed by atoms with van der Waals surface area (Å²) in [5.74, 6) is 0.105. The molecule has 8 heteroatoms. The number of hydrogen-bond donors (Lipinski definition) is 0. The van der Waals surface area contributed by atoms with Crippen molar-refractivity contribution in [2.24, 2.45) is 0 Å². The number of carbonyl (C=O) groups excluding carboxylic acids is 1. The summed E-state index contributed by atoms with van der Waals surface area (Å²) < 4.78 is 2.12. The molecule has 5 rings (SSSR count). The SMILES string of the molecule is CC(=O)N1CCN(Cc2c(-c3ccc([N+](=O)[O-])cc3)nc3ccc(-c4ccccc4)cn23)CC1. The van der Waals surface area contributed by atoms with Gasteiger partial charge >= 0.3 is 0 Å². The van der Waals surface area contributed by atoms with Crippen LogP contribution in [0, 0.1) is 10.1 Å². The Hall–Kier alpha value is -4.04. The molecule has 2 aromatic heterocycles. The molecule has 0 unspecified atom stereocenters. The van der Waals surface area contributed by atoms with Crippen molar-refractivity contribution >= 4 is 17.2 Å². The molecule has 172 valence electrons. The number of fused-ring (bicyclic) bond motifs is 1. The number of aromatic nitrogens is 2. The summed E-state index contributed by atoms with van der Waals surface area (Å²) in [7, 11) is 0. The zero-order valence-electron chi connectivity index (χ0n) is 18.9. The van der Waals surface area contributed by atoms with Crippen molar-refractivity contribution in [3.05, 3.63) is 88.7 Å². The van der Waals surface area contributed by atoms with E-state index in [0.29, 0.717) is 19.6 Å². The van der Waals surface area contributed by atoms with Gasteiger partial charge in [-0.3, -0.25) is 19.8 Å². The second-order valence-corrected chi connectivity index (χ2v) is 8.51. The fourth-order valence-electron chi connectivity index (χ4n) is 4.45. The average molecular weight is 456 g/mol. The summed E-state index contributed by atoms with van der Waals surface area (Å²) in [6.07, 6.45) is 2.10. The van der Waals surface area contributed by atoms with E-state index in [1.165, 1.54) is 12.1 Å². The Morgan fingerprint density at radius 3 is 2.24 bits per heavy atom. The number of piperazine rings is 1. The predicted octanol–water partition coefficient (Wildman–Crippen LogP) is 4.24. The van der Waals surface area contributed by atoms with E-state index >= 15 is 0 Å². The molecule has 2 aromatic carbocycles. The van der Waals surface area contributed by atoms with Gasteiger partial charge in [-0.2, -0.15) is 0 Å². The largest absolute Gasteiger partial charge is 0.340 e. The highest BCUT2D eigenvalue weighted by molar-refractivity contribution is 5.73. The van der Waals surface area contributed by atoms with Crippen molar-refractivity contribution in [2.45, 2.75) is 13.5 Å². The molecular weight excluding hydrogens is 430 g/mol. The number of imidazole rings is 1. The van der Waals surface area contributed by atoms with Crippen LogP contribution in [0.5, 0.6) is 0 Å². The minimum absolute atomic E-state index is 0.0563. The normalized spacial score (nSPS) is 14.4. The van der Waals surface area contributed by atoms with Crippen LogP contribution in [0.1, 0.15) is 12.6 Å². The topological polar surface area (TPSA) is 84.0 Å². The van der Waals surface area contributed by atoms with Crippen molar-refractivity contribution in [2.75, 3.05) is 26.2 Å². The van der Waals surface area contributed by atoms with E-state index in [2.05, 4.69) is 33.7 Å². The lowest BCUT2D eigenvalue weighted by molar-refractivity contribution is -0.384. The molecule has 0 aliphatic carbocycles. The van der Waals surface area contributed by atoms with Crippen LogP contribution in [0.3, 0.4) is 0 Å². The van der Waals surface area contributed by atoms with Crippen LogP contribution in [0.4, 0.5) is 5.69 Å². The fraction of sp³-hybridized carbons (Fsp3) is 0.231. The van der Waals surface area contributed by atoms with Crippen molar-refractivity contribution in [1.29, 1.82) is 0 Å². The van der Waals surface area contributed by atoms with Crippen LogP contribution in [-0.4, -0.2) is 56.2 Å². The zero-order valence-corrected chi connectivity index (χ0v) is 18.9. The third-order valence-electron chi connectivity index (χ3n) is 6.37. The molecule has 1 saturated heterocycles. The number of nitro groups is 1. The molecule has 3 heterocycles. The van der Waals surface area contributed by atoms with E-state index in [9.17, 15) is 14.9 Å². The molecule has 0 atom stereocenters. The number of nitrogens with zero attached hydrogens (tertiary/aromatic N) is 5. The third kappa shape index (κ3) is 4.27. The van der Waals surface area contributed by atoms with Crippen LogP contribution < -0.4 is 0 Å². The first-order valence-electron chi connectivity index (χ1n) is 11.3. The lowest BCUT2D eigenvalue weighted by atomic mass is 10.1. The smallest absolute Gasteiger partial charge is 0.269 e. The van der Waals surface area contributed by atoms with Gasteiger partial charge < -0.3 is 9.30 Å². The minimum Gasteiger partial charge on any atom is -0.340 e. The number of non-ortho nitro benzene ring substituents is 1. The van der Waals surface area contributed by atoms with Crippen molar-refractivity contribution in [1.82, 2.24) is 19.2 Å². The first-order valence-corrected chi connectivity index (χ1v) is 11.3. The van der Waals surface area contributed by atoms with E-state index in [1.807, 2.05) is 29.2 Å². The van der Waals surface area contributed by atoms with E-state index in [4.69, 9.17) is 4.98 Å². The van der Waals surface area contributed by atoms with Crippen molar-refractivity contribution < 1.29 is 9.72 Å². The minimum atomic E-state index is -0.394. The molecule has 4 aromatic rings. The van der Waals surface area contributed by atoms with E-state index in [-0.39, 0.29) is 11.6 Å². The van der Waals surface area contributed by atoms with Gasteiger partial charge in [0.15, 0.2) is 0 Å². The van der Waals surface area contributed by atoms with Gasteiger partial charge in [-0.25, -0.2) is 4.98 Å². The second kappa shape index (κ2) is 9.07. The van der Waals surface area contributed by atoms with Gasteiger partial charge in [0.1, 0.15) is 5.65 Å². The highest BCUT2D eigenvalue weighted by atomic mass is 16.6. The van der Waals surface area contributed by atoms with E-state index in [0.717, 1.165) is 46.8 Å². The number of benzene rings is 2. The van der Waals surface area contributed by atoms with Gasteiger partial charge in [-0.05, 0) is 35.4 Å². The lowest BCUT2D eigenvalue weighted by Crippen LogP contribution is -2.47. The highest BCUT2D eigenvalue weighted by Gasteiger charge is 2.23. The summed E-state index contributed by atoms with van der Waals surface area (Å²) >= 11 is 0. The molecule has 1 aliphatic rings. The molecule has 8 nitrogen and oxygen atoms in total. The number of rotatable bonds is 5. The Morgan fingerprint density at radius 2 is 1.59 bits per heavy atom. The van der Waals surface area contributed by atoms with Gasteiger partial charge in [-0.15, -0.1) is 0 Å². The average Bonchev–Trinajstić information content (AvgIpc) is 3.22. The first kappa shape index (κ1) is 21.8. The Morgan fingerprint density at radius 1 is 0.912 bits per heavy atom. The van der Waals surface area contributed by atoms with Gasteiger partial charge in [0.25, 0.3) is 5.69 Å². The standard InChI is InChI=1S/C26H25N5O3/c1-19(32)29-15-13-28(14-16-29)18-24-26(21-7-10-23(11-8-21)31(33)34)27-25-12-9-22(17-30(24)25)20-5-3-2-4-6-20/h2-12,17H,13-16,18H2,1H3. The van der Waals surface area contributed by atoms with Gasteiger partial charge in [-0.1, -0.05) is 30.3 Å².